The molecule has 2 aliphatic rings. The molecule has 2 atom stereocenters. The Morgan fingerprint density at radius 3 is 2.95 bits per heavy atom. The van der Waals surface area contributed by atoms with Crippen molar-refractivity contribution >= 4 is 10.9 Å². The molecule has 2 aliphatic heterocycles. The Kier molecular flexibility index (Phi) is 3.48. The first-order valence-corrected chi connectivity index (χ1v) is 8.36. The van der Waals surface area contributed by atoms with Crippen LogP contribution < -0.4 is 5.32 Å². The number of hydrogen-bond acceptors (Lipinski definition) is 2. The number of aromatic nitrogens is 1. The third kappa shape index (κ3) is 2.39. The van der Waals surface area contributed by atoms with Crippen molar-refractivity contribution in [3.63, 3.8) is 0 Å². The number of nitrogens with one attached hydrogen (secondary N) is 2. The predicted octanol–water partition coefficient (Wildman–Crippen LogP) is 3.19. The summed E-state index contributed by atoms with van der Waals surface area (Å²) >= 11 is 0. The molecule has 21 heavy (non-hydrogen) atoms. The molecule has 0 bridgehead atoms. The summed E-state index contributed by atoms with van der Waals surface area (Å²) in [5.74, 6) is 0. The molecule has 1 aromatic heterocycles. The molecule has 4 rings (SSSR count). The molecule has 3 nitrogen and oxygen atoms in total. The molecule has 2 saturated heterocycles. The molecular formula is C18H25N3. The van der Waals surface area contributed by atoms with E-state index in [1.165, 1.54) is 60.9 Å². The number of hydrogen-bond donors (Lipinski definition) is 2. The Morgan fingerprint density at radius 2 is 2.10 bits per heavy atom. The first kappa shape index (κ1) is 13.4. The van der Waals surface area contributed by atoms with E-state index in [-0.39, 0.29) is 0 Å². The van der Waals surface area contributed by atoms with Crippen LogP contribution in [0.3, 0.4) is 0 Å². The minimum atomic E-state index is 0.720. The Labute approximate surface area is 126 Å². The van der Waals surface area contributed by atoms with Crippen LogP contribution in [0, 0.1) is 6.92 Å². The van der Waals surface area contributed by atoms with Crippen LogP contribution in [0.1, 0.15) is 36.9 Å². The molecule has 0 spiro atoms. The Bertz CT molecular complexity index is 624. The maximum Gasteiger partial charge on any atom is 0.0459 e. The molecule has 112 valence electrons. The number of aromatic amines is 1. The average molecular weight is 283 g/mol. The van der Waals surface area contributed by atoms with Crippen LogP contribution in [0.5, 0.6) is 0 Å². The van der Waals surface area contributed by atoms with E-state index in [0.717, 1.165) is 18.6 Å². The second-order valence-corrected chi connectivity index (χ2v) is 6.66. The van der Waals surface area contributed by atoms with Gasteiger partial charge < -0.3 is 10.3 Å². The molecule has 0 radical (unpaired) electrons. The Morgan fingerprint density at radius 1 is 1.19 bits per heavy atom. The summed E-state index contributed by atoms with van der Waals surface area (Å²) in [6.45, 7) is 5.77. The highest BCUT2D eigenvalue weighted by Crippen LogP contribution is 2.29. The number of benzene rings is 1. The molecule has 3 heterocycles. The third-order valence-corrected chi connectivity index (χ3v) is 5.37. The summed E-state index contributed by atoms with van der Waals surface area (Å²) < 4.78 is 0. The number of H-pyrrole nitrogens is 1. The molecule has 0 aliphatic carbocycles. The van der Waals surface area contributed by atoms with Crippen molar-refractivity contribution in [2.24, 2.45) is 0 Å². The van der Waals surface area contributed by atoms with Crippen molar-refractivity contribution < 1.29 is 0 Å². The summed E-state index contributed by atoms with van der Waals surface area (Å²) in [6.07, 6.45) is 5.42. The van der Waals surface area contributed by atoms with Crippen LogP contribution in [-0.4, -0.2) is 35.1 Å². The van der Waals surface area contributed by atoms with Crippen LogP contribution in [-0.2, 0) is 6.54 Å². The maximum absolute atomic E-state index is 3.71. The van der Waals surface area contributed by atoms with Gasteiger partial charge >= 0.3 is 0 Å². The van der Waals surface area contributed by atoms with Gasteiger partial charge in [0.05, 0.1) is 0 Å². The average Bonchev–Trinajstić information content (AvgIpc) is 3.20. The summed E-state index contributed by atoms with van der Waals surface area (Å²) in [4.78, 5) is 6.26. The fourth-order valence-corrected chi connectivity index (χ4v) is 4.29. The Balaban J connectivity index is 1.60. The minimum absolute atomic E-state index is 0.720. The molecule has 2 aromatic rings. The highest BCUT2D eigenvalue weighted by molar-refractivity contribution is 5.84. The van der Waals surface area contributed by atoms with Crippen molar-refractivity contribution in [3.05, 3.63) is 35.5 Å². The second kappa shape index (κ2) is 5.47. The lowest BCUT2D eigenvalue weighted by molar-refractivity contribution is 0.207. The van der Waals surface area contributed by atoms with Gasteiger partial charge in [-0.1, -0.05) is 18.2 Å². The first-order valence-electron chi connectivity index (χ1n) is 8.36. The topological polar surface area (TPSA) is 31.1 Å². The van der Waals surface area contributed by atoms with Gasteiger partial charge in [-0.2, -0.15) is 0 Å². The predicted molar refractivity (Wildman–Crippen MR) is 87.5 cm³/mol. The van der Waals surface area contributed by atoms with E-state index >= 15 is 0 Å². The van der Waals surface area contributed by atoms with Crippen molar-refractivity contribution in [2.45, 2.75) is 51.2 Å². The van der Waals surface area contributed by atoms with Gasteiger partial charge in [-0.3, -0.25) is 4.90 Å². The molecule has 0 saturated carbocycles. The molecule has 3 heteroatoms. The van der Waals surface area contributed by atoms with Gasteiger partial charge in [0, 0.05) is 35.2 Å². The van der Waals surface area contributed by atoms with Gasteiger partial charge in [0.2, 0.25) is 0 Å². The van der Waals surface area contributed by atoms with Crippen molar-refractivity contribution in [3.8, 4) is 0 Å². The minimum Gasteiger partial charge on any atom is -0.358 e. The molecule has 2 fully saturated rings. The van der Waals surface area contributed by atoms with E-state index in [0.29, 0.717) is 0 Å². The van der Waals surface area contributed by atoms with Gasteiger partial charge in [0.15, 0.2) is 0 Å². The summed E-state index contributed by atoms with van der Waals surface area (Å²) in [6, 6.07) is 10.2. The zero-order chi connectivity index (χ0) is 14.2. The molecule has 2 unspecified atom stereocenters. The van der Waals surface area contributed by atoms with E-state index in [1.807, 2.05) is 0 Å². The fraction of sp³-hybridized carbons (Fsp3) is 0.556. The fourth-order valence-electron chi connectivity index (χ4n) is 4.29. The van der Waals surface area contributed by atoms with Gasteiger partial charge in [-0.25, -0.2) is 0 Å². The van der Waals surface area contributed by atoms with E-state index in [1.54, 1.807) is 0 Å². The van der Waals surface area contributed by atoms with Crippen LogP contribution in [0.15, 0.2) is 24.3 Å². The number of fused-ring (bicyclic) bond motifs is 1. The highest BCUT2D eigenvalue weighted by atomic mass is 15.2. The molecular weight excluding hydrogens is 258 g/mol. The Hall–Kier alpha value is -1.32. The molecule has 2 N–H and O–H groups in total. The smallest absolute Gasteiger partial charge is 0.0459 e. The maximum atomic E-state index is 3.71. The number of para-hydroxylation sites is 1. The zero-order valence-corrected chi connectivity index (χ0v) is 12.9. The van der Waals surface area contributed by atoms with E-state index in [2.05, 4.69) is 46.4 Å². The van der Waals surface area contributed by atoms with Crippen molar-refractivity contribution in [1.82, 2.24) is 15.2 Å². The summed E-state index contributed by atoms with van der Waals surface area (Å²) in [7, 11) is 0. The largest absolute Gasteiger partial charge is 0.358 e. The first-order chi connectivity index (χ1) is 10.3. The third-order valence-electron chi connectivity index (χ3n) is 5.37. The highest BCUT2D eigenvalue weighted by Gasteiger charge is 2.33. The zero-order valence-electron chi connectivity index (χ0n) is 12.9. The monoisotopic (exact) mass is 283 g/mol. The van der Waals surface area contributed by atoms with Crippen LogP contribution in [0.4, 0.5) is 0 Å². The van der Waals surface area contributed by atoms with E-state index < -0.39 is 0 Å². The SMILES string of the molecule is Cc1[nH]c2ccccc2c1CN1CCCC1C1CCCN1. The van der Waals surface area contributed by atoms with Gasteiger partial charge in [-0.05, 0) is 57.3 Å². The molecule has 1 aromatic carbocycles. The number of rotatable bonds is 3. The van der Waals surface area contributed by atoms with Gasteiger partial charge in [0.1, 0.15) is 0 Å². The lowest BCUT2D eigenvalue weighted by Crippen LogP contribution is -2.43. The quantitative estimate of drug-likeness (QED) is 0.906. The van der Waals surface area contributed by atoms with Crippen molar-refractivity contribution in [2.75, 3.05) is 13.1 Å². The van der Waals surface area contributed by atoms with Crippen molar-refractivity contribution in [1.29, 1.82) is 0 Å². The van der Waals surface area contributed by atoms with Crippen LogP contribution in [0.2, 0.25) is 0 Å². The standard InChI is InChI=1S/C18H25N3/c1-13-15(14-6-2-3-7-16(14)20-13)12-21-11-5-9-18(21)17-8-4-10-19-17/h2-3,6-7,17-20H,4-5,8-12H2,1H3. The van der Waals surface area contributed by atoms with Crippen LogP contribution >= 0.6 is 0 Å². The number of aryl methyl sites for hydroxylation is 1. The second-order valence-electron chi connectivity index (χ2n) is 6.66. The van der Waals surface area contributed by atoms with E-state index in [4.69, 9.17) is 0 Å². The van der Waals surface area contributed by atoms with Gasteiger partial charge in [-0.15, -0.1) is 0 Å². The number of likely N-dealkylation sites (tertiary alicyclic amines) is 1. The lowest BCUT2D eigenvalue weighted by Gasteiger charge is -2.29. The normalized spacial score (nSPS) is 26.9. The molecule has 0 amide bonds. The van der Waals surface area contributed by atoms with Gasteiger partial charge in [0.25, 0.3) is 0 Å². The number of nitrogens with zero attached hydrogens (tertiary/aromatic N) is 1. The van der Waals surface area contributed by atoms with E-state index in [9.17, 15) is 0 Å². The summed E-state index contributed by atoms with van der Waals surface area (Å²) in [5, 5.41) is 5.11. The van der Waals surface area contributed by atoms with Crippen LogP contribution in [0.25, 0.3) is 10.9 Å². The summed E-state index contributed by atoms with van der Waals surface area (Å²) in [5.41, 5.74) is 4.11. The lowest BCUT2D eigenvalue weighted by atomic mass is 10.0.